The fraction of sp³-hybridized carbons (Fsp3) is 0.500. The number of nitrogens with zero attached hydrogens (tertiary/aromatic N) is 7. The molecule has 7 heterocycles. The summed E-state index contributed by atoms with van der Waals surface area (Å²) in [4.78, 5) is 46.1. The largest absolute Gasteiger partial charge is 0.508 e. The van der Waals surface area contributed by atoms with Gasteiger partial charge in [-0.25, -0.2) is 8.78 Å². The molecule has 6 aromatic rings. The molecule has 5 fully saturated rings. The van der Waals surface area contributed by atoms with E-state index >= 15 is 8.78 Å². The number of para-hydroxylation sites is 1. The Bertz CT molecular complexity index is 2990. The van der Waals surface area contributed by atoms with E-state index in [2.05, 4.69) is 56.1 Å². The summed E-state index contributed by atoms with van der Waals surface area (Å²) in [5.74, 6) is -1.02. The van der Waals surface area contributed by atoms with Crippen molar-refractivity contribution in [3.8, 4) is 23.0 Å². The normalized spacial score (nSPS) is 23.0. The molecule has 4 aliphatic heterocycles. The summed E-state index contributed by atoms with van der Waals surface area (Å²) in [7, 11) is 2.07. The Labute approximate surface area is 400 Å². The van der Waals surface area contributed by atoms with Crippen molar-refractivity contribution in [3.05, 3.63) is 83.2 Å². The number of nitrogens with one attached hydrogen (secondary N) is 1. The molecule has 4 saturated heterocycles. The number of aryl methyl sites for hydroxylation is 2. The maximum absolute atomic E-state index is 17.2. The lowest BCUT2D eigenvalue weighted by Crippen LogP contribution is -2.48. The van der Waals surface area contributed by atoms with Crippen molar-refractivity contribution in [1.29, 1.82) is 0 Å². The molecule has 1 aliphatic carbocycles. The number of aliphatic hydroxyl groups is 1. The number of hydrogen-bond acceptors (Lipinski definition) is 11. The second-order valence-corrected chi connectivity index (χ2v) is 21.1. The van der Waals surface area contributed by atoms with Crippen LogP contribution in [0, 0.1) is 17.0 Å². The first-order valence-electron chi connectivity index (χ1n) is 25.1. The summed E-state index contributed by atoms with van der Waals surface area (Å²) in [6, 6.07) is 13.0. The molecule has 3 aromatic carbocycles. The van der Waals surface area contributed by atoms with Gasteiger partial charge in [0.1, 0.15) is 28.6 Å². The number of rotatable bonds is 11. The highest BCUT2D eigenvalue weighted by molar-refractivity contribution is 6.04. The Morgan fingerprint density at radius 1 is 0.928 bits per heavy atom. The zero-order valence-electron chi connectivity index (χ0n) is 39.9. The van der Waals surface area contributed by atoms with Crippen LogP contribution >= 0.6 is 0 Å². The molecule has 1 unspecified atom stereocenters. The topological polar surface area (TPSA) is 149 Å². The van der Waals surface area contributed by atoms with Crippen molar-refractivity contribution in [2.75, 3.05) is 57.3 Å². The van der Waals surface area contributed by atoms with Crippen LogP contribution in [0.5, 0.6) is 11.8 Å². The standard InChI is InChI=1S/C54H62F2N8O5/c1-4-36-43(55)11-9-33-25-35(65)26-40(45(33)36)47-46(56)48-41(27-57-47)50(64-20-6-17-53(2,68)29-64)60-52(59-48)69-31-54(18-19-54)30-62-21-15-34(16-22-62)63-23-13-32(14-24-63)37-7-5-8-38-42(28-61(3)49(37)38)39-10-12-44(66)58-51(39)67/h5,7-9,11,25-28,32,34,39,65,68H,4,6,10,12-24,29-31H2,1-3H3,(H,58,66,67)/t39?,53-/m1/s1. The van der Waals surface area contributed by atoms with Crippen LogP contribution < -0.4 is 15.0 Å². The number of ether oxygens (including phenoxy) is 1. The number of likely N-dealkylation sites (tertiary alicyclic amines) is 2. The van der Waals surface area contributed by atoms with Crippen LogP contribution in [-0.2, 0) is 23.1 Å². The lowest BCUT2D eigenvalue weighted by molar-refractivity contribution is -0.134. The first kappa shape index (κ1) is 45.7. The SMILES string of the molecule is CCc1c(F)ccc2cc(O)cc(-c3ncc4c(N5CCC[C@@](C)(O)C5)nc(OCC5(CN6CCC(N7CCC(c8cccc9c(C%10CCC(=O)NC%10=O)cn(C)c89)CC7)CC6)CC5)nc4c3F)c12. The van der Waals surface area contributed by atoms with Crippen molar-refractivity contribution in [3.63, 3.8) is 0 Å². The van der Waals surface area contributed by atoms with Gasteiger partial charge in [-0.15, -0.1) is 0 Å². The molecular weight excluding hydrogens is 879 g/mol. The lowest BCUT2D eigenvalue weighted by atomic mass is 9.85. The molecule has 3 aromatic heterocycles. The number of benzene rings is 3. The molecule has 13 nitrogen and oxygen atoms in total. The monoisotopic (exact) mass is 940 g/mol. The number of hydrogen-bond donors (Lipinski definition) is 3. The smallest absolute Gasteiger partial charge is 0.319 e. The molecular formula is C54H62F2N8O5. The maximum atomic E-state index is 17.2. The minimum atomic E-state index is -0.962. The molecule has 11 rings (SSSR count). The van der Waals surface area contributed by atoms with E-state index in [4.69, 9.17) is 14.7 Å². The fourth-order valence-corrected chi connectivity index (χ4v) is 12.3. The predicted octanol–water partition coefficient (Wildman–Crippen LogP) is 8.26. The first-order valence-corrected chi connectivity index (χ1v) is 25.1. The van der Waals surface area contributed by atoms with Gasteiger partial charge in [-0.3, -0.25) is 19.9 Å². The van der Waals surface area contributed by atoms with Crippen molar-refractivity contribution in [2.24, 2.45) is 12.5 Å². The second kappa shape index (κ2) is 17.9. The van der Waals surface area contributed by atoms with Gasteiger partial charge in [-0.05, 0) is 149 Å². The van der Waals surface area contributed by atoms with Gasteiger partial charge < -0.3 is 34.2 Å². The molecule has 2 amide bonds. The van der Waals surface area contributed by atoms with Gasteiger partial charge in [0.05, 0.1) is 29.0 Å². The summed E-state index contributed by atoms with van der Waals surface area (Å²) in [6.07, 6.45) is 12.7. The number of phenols is 1. The number of aromatic nitrogens is 4. The number of imide groups is 1. The highest BCUT2D eigenvalue weighted by Gasteiger charge is 2.46. The third kappa shape index (κ3) is 8.68. The van der Waals surface area contributed by atoms with Crippen molar-refractivity contribution < 1.29 is 33.3 Å². The van der Waals surface area contributed by atoms with Crippen molar-refractivity contribution in [2.45, 2.75) is 108 Å². The first-order chi connectivity index (χ1) is 33.3. The van der Waals surface area contributed by atoms with E-state index in [1.165, 1.54) is 23.2 Å². The summed E-state index contributed by atoms with van der Waals surface area (Å²) in [5.41, 5.74) is 3.19. The molecule has 0 spiro atoms. The molecule has 0 radical (unpaired) electrons. The number of carbonyl (C=O) groups excluding carboxylic acids is 2. The quantitative estimate of drug-likeness (QED) is 0.108. The Morgan fingerprint density at radius 2 is 1.72 bits per heavy atom. The molecule has 5 aliphatic rings. The maximum Gasteiger partial charge on any atom is 0.319 e. The van der Waals surface area contributed by atoms with Crippen LogP contribution in [0.25, 0.3) is 43.8 Å². The van der Waals surface area contributed by atoms with E-state index < -0.39 is 17.2 Å². The minimum Gasteiger partial charge on any atom is -0.508 e. The van der Waals surface area contributed by atoms with Crippen LogP contribution in [0.3, 0.4) is 0 Å². The predicted molar refractivity (Wildman–Crippen MR) is 262 cm³/mol. The number of carbonyl (C=O) groups is 2. The number of piperidine rings is 4. The number of anilines is 1. The zero-order valence-corrected chi connectivity index (χ0v) is 39.9. The van der Waals surface area contributed by atoms with Gasteiger partial charge in [-0.1, -0.05) is 31.2 Å². The molecule has 15 heteroatoms. The summed E-state index contributed by atoms with van der Waals surface area (Å²) >= 11 is 0. The number of aromatic hydroxyl groups is 1. The van der Waals surface area contributed by atoms with E-state index in [-0.39, 0.29) is 51.7 Å². The van der Waals surface area contributed by atoms with E-state index in [0.717, 1.165) is 88.6 Å². The van der Waals surface area contributed by atoms with Crippen molar-refractivity contribution >= 4 is 50.2 Å². The van der Waals surface area contributed by atoms with Gasteiger partial charge in [0.2, 0.25) is 11.8 Å². The van der Waals surface area contributed by atoms with E-state index in [0.29, 0.717) is 84.9 Å². The van der Waals surface area contributed by atoms with Gasteiger partial charge in [0.15, 0.2) is 5.82 Å². The number of pyridine rings is 1. The Kier molecular flexibility index (Phi) is 11.8. The summed E-state index contributed by atoms with van der Waals surface area (Å²) in [5, 5.41) is 27.0. The minimum absolute atomic E-state index is 0.0167. The van der Waals surface area contributed by atoms with Crippen LogP contribution in [0.15, 0.2) is 54.9 Å². The highest BCUT2D eigenvalue weighted by Crippen LogP contribution is 2.48. The number of amides is 2. The molecule has 69 heavy (non-hydrogen) atoms. The van der Waals surface area contributed by atoms with Crippen molar-refractivity contribution in [1.82, 2.24) is 34.6 Å². The second-order valence-electron chi connectivity index (χ2n) is 21.1. The molecule has 1 saturated carbocycles. The Balaban J connectivity index is 0.765. The number of β-amino-alcohol motifs (C(OH)–C–C–N with tert-alkyl or cyclic N) is 1. The van der Waals surface area contributed by atoms with Gasteiger partial charge in [-0.2, -0.15) is 9.97 Å². The molecule has 362 valence electrons. The number of halogens is 2. The van der Waals surface area contributed by atoms with E-state index in [9.17, 15) is 19.8 Å². The molecule has 2 atom stereocenters. The van der Waals surface area contributed by atoms with Crippen LogP contribution in [0.2, 0.25) is 0 Å². The average molecular weight is 941 g/mol. The number of phenolic OH excluding ortho intramolecular Hbond substituents is 1. The molecule has 3 N–H and O–H groups in total. The highest BCUT2D eigenvalue weighted by atomic mass is 19.1. The van der Waals surface area contributed by atoms with Crippen LogP contribution in [-0.4, -0.2) is 115 Å². The van der Waals surface area contributed by atoms with E-state index in [1.807, 2.05) is 11.8 Å². The van der Waals surface area contributed by atoms with Crippen LogP contribution in [0.4, 0.5) is 14.6 Å². The lowest BCUT2D eigenvalue weighted by Gasteiger charge is -2.42. The summed E-state index contributed by atoms with van der Waals surface area (Å²) in [6.45, 7) is 9.98. The zero-order chi connectivity index (χ0) is 47.8. The molecule has 0 bridgehead atoms. The third-order valence-electron chi connectivity index (χ3n) is 16.1. The average Bonchev–Trinajstić information content (AvgIpc) is 4.02. The van der Waals surface area contributed by atoms with E-state index in [1.54, 1.807) is 25.3 Å². The van der Waals surface area contributed by atoms with Crippen LogP contribution in [0.1, 0.15) is 107 Å². The Morgan fingerprint density at radius 3 is 2.46 bits per heavy atom. The van der Waals surface area contributed by atoms with Gasteiger partial charge >= 0.3 is 6.01 Å². The third-order valence-corrected chi connectivity index (χ3v) is 16.1. The fourth-order valence-electron chi connectivity index (χ4n) is 12.3. The van der Waals surface area contributed by atoms with Gasteiger partial charge in [0, 0.05) is 67.9 Å². The summed E-state index contributed by atoms with van der Waals surface area (Å²) < 4.78 is 41.0. The van der Waals surface area contributed by atoms with Gasteiger partial charge in [0.25, 0.3) is 0 Å². The number of fused-ring (bicyclic) bond motifs is 3. The Hall–Kier alpha value is -5.77.